The van der Waals surface area contributed by atoms with Gasteiger partial charge in [0.2, 0.25) is 0 Å². The van der Waals surface area contributed by atoms with Crippen LogP contribution in [0.4, 0.5) is 0 Å². The topological polar surface area (TPSA) is 47.3 Å². The summed E-state index contributed by atoms with van der Waals surface area (Å²) in [6, 6.07) is 9.93. The zero-order chi connectivity index (χ0) is 13.2. The second-order valence-corrected chi connectivity index (χ2v) is 4.83. The smallest absolute Gasteiger partial charge is 0.119 e. The predicted octanol–water partition coefficient (Wildman–Crippen LogP) is 2.64. The van der Waals surface area contributed by atoms with E-state index in [1.807, 2.05) is 41.9 Å². The molecule has 0 bridgehead atoms. The Hall–Kier alpha value is -1.81. The van der Waals surface area contributed by atoms with Crippen LogP contribution in [0.25, 0.3) is 5.69 Å². The number of aromatic nitrogens is 2. The molecule has 4 nitrogen and oxygen atoms in total. The molecule has 100 valence electrons. The van der Waals surface area contributed by atoms with Crippen LogP contribution >= 0.6 is 0 Å². The van der Waals surface area contributed by atoms with Gasteiger partial charge in [0.05, 0.1) is 24.6 Å². The Labute approximate surface area is 112 Å². The van der Waals surface area contributed by atoms with Crippen LogP contribution in [0.3, 0.4) is 0 Å². The number of aliphatic hydroxyl groups excluding tert-OH is 1. The van der Waals surface area contributed by atoms with Gasteiger partial charge in [-0.3, -0.25) is 0 Å². The molecule has 0 saturated heterocycles. The first-order valence-electron chi connectivity index (χ1n) is 6.74. The number of benzene rings is 1. The lowest BCUT2D eigenvalue weighted by Crippen LogP contribution is -2.01. The molecule has 1 aliphatic rings. The van der Waals surface area contributed by atoms with Gasteiger partial charge < -0.3 is 9.84 Å². The maximum absolute atomic E-state index is 9.24. The molecule has 0 amide bonds. The number of ether oxygens (including phenoxy) is 1. The molecule has 1 saturated carbocycles. The van der Waals surface area contributed by atoms with Gasteiger partial charge >= 0.3 is 0 Å². The third-order valence-electron chi connectivity index (χ3n) is 3.34. The minimum Gasteiger partial charge on any atom is -0.494 e. The van der Waals surface area contributed by atoms with E-state index in [0.717, 1.165) is 17.1 Å². The van der Waals surface area contributed by atoms with Crippen molar-refractivity contribution in [1.29, 1.82) is 0 Å². The lowest BCUT2D eigenvalue weighted by molar-refractivity contribution is 0.276. The Morgan fingerprint density at radius 3 is 2.63 bits per heavy atom. The van der Waals surface area contributed by atoms with Crippen LogP contribution in [-0.2, 0) is 6.61 Å². The number of hydrogen-bond donors (Lipinski definition) is 1. The van der Waals surface area contributed by atoms with E-state index >= 15 is 0 Å². The zero-order valence-electron chi connectivity index (χ0n) is 11.0. The van der Waals surface area contributed by atoms with Gasteiger partial charge in [0.1, 0.15) is 5.75 Å². The SMILES string of the molecule is CCOc1ccc(-n2nc(CO)cc2C2CC2)cc1. The highest BCUT2D eigenvalue weighted by Crippen LogP contribution is 2.41. The molecule has 0 spiro atoms. The summed E-state index contributed by atoms with van der Waals surface area (Å²) < 4.78 is 7.39. The molecule has 19 heavy (non-hydrogen) atoms. The van der Waals surface area contributed by atoms with Crippen molar-refractivity contribution in [3.63, 3.8) is 0 Å². The van der Waals surface area contributed by atoms with E-state index in [-0.39, 0.29) is 6.61 Å². The Morgan fingerprint density at radius 1 is 1.32 bits per heavy atom. The van der Waals surface area contributed by atoms with E-state index in [2.05, 4.69) is 5.10 Å². The molecule has 3 rings (SSSR count). The zero-order valence-corrected chi connectivity index (χ0v) is 11.0. The van der Waals surface area contributed by atoms with Crippen molar-refractivity contribution in [1.82, 2.24) is 9.78 Å². The third-order valence-corrected chi connectivity index (χ3v) is 3.34. The van der Waals surface area contributed by atoms with E-state index in [9.17, 15) is 5.11 Å². The van der Waals surface area contributed by atoms with Crippen molar-refractivity contribution in [2.75, 3.05) is 6.61 Å². The fourth-order valence-electron chi connectivity index (χ4n) is 2.25. The van der Waals surface area contributed by atoms with Crippen molar-refractivity contribution in [3.05, 3.63) is 41.7 Å². The molecule has 1 aliphatic carbocycles. The molecule has 0 aliphatic heterocycles. The van der Waals surface area contributed by atoms with Crippen molar-refractivity contribution in [2.24, 2.45) is 0 Å². The van der Waals surface area contributed by atoms with Crippen LogP contribution in [0.2, 0.25) is 0 Å². The molecule has 1 aromatic heterocycles. The lowest BCUT2D eigenvalue weighted by Gasteiger charge is -2.08. The first kappa shape index (κ1) is 12.2. The van der Waals surface area contributed by atoms with Crippen LogP contribution in [0.5, 0.6) is 5.75 Å². The highest BCUT2D eigenvalue weighted by molar-refractivity contribution is 5.39. The van der Waals surface area contributed by atoms with Gasteiger partial charge in [0.25, 0.3) is 0 Å². The molecule has 1 fully saturated rings. The van der Waals surface area contributed by atoms with E-state index in [1.165, 1.54) is 18.5 Å². The van der Waals surface area contributed by atoms with Crippen molar-refractivity contribution >= 4 is 0 Å². The quantitative estimate of drug-likeness (QED) is 0.896. The van der Waals surface area contributed by atoms with Crippen LogP contribution in [0.15, 0.2) is 30.3 Å². The average molecular weight is 258 g/mol. The van der Waals surface area contributed by atoms with Crippen LogP contribution in [0, 0.1) is 0 Å². The molecular formula is C15H18N2O2. The Morgan fingerprint density at radius 2 is 2.05 bits per heavy atom. The van der Waals surface area contributed by atoms with Crippen molar-refractivity contribution < 1.29 is 9.84 Å². The first-order chi connectivity index (χ1) is 9.31. The van der Waals surface area contributed by atoms with Gasteiger partial charge in [-0.2, -0.15) is 5.10 Å². The second-order valence-electron chi connectivity index (χ2n) is 4.83. The maximum Gasteiger partial charge on any atom is 0.119 e. The summed E-state index contributed by atoms with van der Waals surface area (Å²) in [6.45, 7) is 2.63. The standard InChI is InChI=1S/C15H18N2O2/c1-2-19-14-7-5-13(6-8-14)17-15(11-3-4-11)9-12(10-18)16-17/h5-9,11,18H,2-4,10H2,1H3. The molecule has 1 heterocycles. The van der Waals surface area contributed by atoms with Crippen LogP contribution in [0.1, 0.15) is 37.1 Å². The van der Waals surface area contributed by atoms with Gasteiger partial charge in [-0.05, 0) is 50.1 Å². The third kappa shape index (κ3) is 2.49. The van der Waals surface area contributed by atoms with Gasteiger partial charge in [0.15, 0.2) is 0 Å². The number of aliphatic hydroxyl groups is 1. The van der Waals surface area contributed by atoms with Gasteiger partial charge in [-0.15, -0.1) is 0 Å². The second kappa shape index (κ2) is 5.05. The number of rotatable bonds is 5. The van der Waals surface area contributed by atoms with Crippen molar-refractivity contribution in [2.45, 2.75) is 32.3 Å². The van der Waals surface area contributed by atoms with Gasteiger partial charge in [-0.25, -0.2) is 4.68 Å². The fraction of sp³-hybridized carbons (Fsp3) is 0.400. The molecule has 4 heteroatoms. The normalized spacial score (nSPS) is 14.6. The monoisotopic (exact) mass is 258 g/mol. The first-order valence-corrected chi connectivity index (χ1v) is 6.74. The van der Waals surface area contributed by atoms with Crippen molar-refractivity contribution in [3.8, 4) is 11.4 Å². The Balaban J connectivity index is 1.93. The van der Waals surface area contributed by atoms with Crippen LogP contribution in [-0.4, -0.2) is 21.5 Å². The molecule has 0 unspecified atom stereocenters. The summed E-state index contributed by atoms with van der Waals surface area (Å²) in [6.07, 6.45) is 2.43. The molecule has 1 aromatic carbocycles. The summed E-state index contributed by atoms with van der Waals surface area (Å²) in [7, 11) is 0. The van der Waals surface area contributed by atoms with E-state index < -0.39 is 0 Å². The van der Waals surface area contributed by atoms with Gasteiger partial charge in [-0.1, -0.05) is 0 Å². The molecule has 0 radical (unpaired) electrons. The predicted molar refractivity (Wildman–Crippen MR) is 72.6 cm³/mol. The number of hydrogen-bond acceptors (Lipinski definition) is 3. The molecular weight excluding hydrogens is 240 g/mol. The van der Waals surface area contributed by atoms with E-state index in [4.69, 9.17) is 4.74 Å². The fourth-order valence-corrected chi connectivity index (χ4v) is 2.25. The minimum absolute atomic E-state index is 0.0102. The lowest BCUT2D eigenvalue weighted by atomic mass is 10.2. The minimum atomic E-state index is -0.0102. The highest BCUT2D eigenvalue weighted by Gasteiger charge is 2.28. The maximum atomic E-state index is 9.24. The van der Waals surface area contributed by atoms with Gasteiger partial charge in [0, 0.05) is 11.6 Å². The van der Waals surface area contributed by atoms with E-state index in [1.54, 1.807) is 0 Å². The Kier molecular flexibility index (Phi) is 3.25. The van der Waals surface area contributed by atoms with Crippen LogP contribution < -0.4 is 4.74 Å². The number of nitrogens with zero attached hydrogens (tertiary/aromatic N) is 2. The summed E-state index contributed by atoms with van der Waals surface area (Å²) >= 11 is 0. The van der Waals surface area contributed by atoms with E-state index in [0.29, 0.717) is 12.5 Å². The summed E-state index contributed by atoms with van der Waals surface area (Å²) in [4.78, 5) is 0. The molecule has 0 atom stereocenters. The summed E-state index contributed by atoms with van der Waals surface area (Å²) in [5, 5.41) is 13.7. The Bertz CT molecular complexity index is 556. The molecule has 2 aromatic rings. The average Bonchev–Trinajstić information content (AvgIpc) is 3.20. The molecule has 1 N–H and O–H groups in total. The highest BCUT2D eigenvalue weighted by atomic mass is 16.5. The summed E-state index contributed by atoms with van der Waals surface area (Å²) in [5.74, 6) is 1.47. The summed E-state index contributed by atoms with van der Waals surface area (Å²) in [5.41, 5.74) is 2.95. The largest absolute Gasteiger partial charge is 0.494 e.